The number of aromatic nitrogens is 3. The maximum absolute atomic E-state index is 9.04. The minimum atomic E-state index is 0.439. The lowest BCUT2D eigenvalue weighted by Crippen LogP contribution is -2.17. The second-order valence-corrected chi connectivity index (χ2v) is 5.51. The van der Waals surface area contributed by atoms with Crippen LogP contribution < -0.4 is 10.6 Å². The van der Waals surface area contributed by atoms with Crippen LogP contribution in [0.1, 0.15) is 39.3 Å². The van der Waals surface area contributed by atoms with Crippen LogP contribution in [0.2, 0.25) is 0 Å². The predicted octanol–water partition coefficient (Wildman–Crippen LogP) is 3.57. The first kappa shape index (κ1) is 18.7. The fraction of sp³-hybridized carbons (Fsp3) is 0.421. The Kier molecular flexibility index (Phi) is 6.72. The van der Waals surface area contributed by atoms with Crippen molar-refractivity contribution in [1.29, 1.82) is 5.26 Å². The lowest BCUT2D eigenvalue weighted by atomic mass is 10.1. The summed E-state index contributed by atoms with van der Waals surface area (Å²) < 4.78 is 0. The third-order valence-electron chi connectivity index (χ3n) is 3.92. The normalized spacial score (nSPS) is 13.0. The number of anilines is 1. The highest BCUT2D eigenvalue weighted by atomic mass is 15.1. The molecule has 0 spiro atoms. The van der Waals surface area contributed by atoms with Crippen LogP contribution in [0.3, 0.4) is 0 Å². The second-order valence-electron chi connectivity index (χ2n) is 5.51. The van der Waals surface area contributed by atoms with Crippen LogP contribution in [0.25, 0.3) is 21.9 Å². The Balaban J connectivity index is 0.000000410. The van der Waals surface area contributed by atoms with E-state index in [-0.39, 0.29) is 0 Å². The Bertz CT molecular complexity index is 855. The Labute approximate surface area is 148 Å². The van der Waals surface area contributed by atoms with Crippen molar-refractivity contribution in [1.82, 2.24) is 15.0 Å². The van der Waals surface area contributed by atoms with Gasteiger partial charge in [0.25, 0.3) is 0 Å². The third kappa shape index (κ3) is 3.89. The summed E-state index contributed by atoms with van der Waals surface area (Å²) in [4.78, 5) is 14.2. The summed E-state index contributed by atoms with van der Waals surface area (Å²) in [7, 11) is 0. The van der Waals surface area contributed by atoms with Crippen LogP contribution in [-0.4, -0.2) is 34.6 Å². The zero-order chi connectivity index (χ0) is 18.2. The molecule has 6 heteroatoms. The standard InChI is InChI=1S/C15H13N5.C2H7N.C2H6/c16-8-10-7-11-12(9-18-10)19-15-14(11)13(3-4-17-15)20-5-1-2-6-20;1-2-3;1-2/h3-4,7,9H,1-2,5-6H2,(H,17,19);2-3H2,1H3;1-2H3. The molecule has 132 valence electrons. The van der Waals surface area contributed by atoms with E-state index in [0.717, 1.165) is 41.6 Å². The molecule has 1 saturated heterocycles. The van der Waals surface area contributed by atoms with Gasteiger partial charge in [0.05, 0.1) is 17.1 Å². The lowest BCUT2D eigenvalue weighted by molar-refractivity contribution is 0.949. The average Bonchev–Trinajstić information content (AvgIpc) is 3.31. The molecule has 0 radical (unpaired) electrons. The molecule has 3 aromatic heterocycles. The minimum Gasteiger partial charge on any atom is -0.371 e. The fourth-order valence-corrected chi connectivity index (χ4v) is 2.98. The van der Waals surface area contributed by atoms with E-state index in [9.17, 15) is 0 Å². The van der Waals surface area contributed by atoms with Crippen molar-refractivity contribution in [2.45, 2.75) is 33.6 Å². The molecule has 0 amide bonds. The van der Waals surface area contributed by atoms with Gasteiger partial charge in [-0.25, -0.2) is 9.97 Å². The van der Waals surface area contributed by atoms with Gasteiger partial charge in [-0.3, -0.25) is 0 Å². The van der Waals surface area contributed by atoms with E-state index in [1.807, 2.05) is 33.0 Å². The smallest absolute Gasteiger partial charge is 0.141 e. The number of nitriles is 1. The zero-order valence-electron chi connectivity index (χ0n) is 15.2. The predicted molar refractivity (Wildman–Crippen MR) is 104 cm³/mol. The number of nitrogens with zero attached hydrogens (tertiary/aromatic N) is 4. The molecule has 1 fully saturated rings. The van der Waals surface area contributed by atoms with Crippen LogP contribution in [-0.2, 0) is 0 Å². The summed E-state index contributed by atoms with van der Waals surface area (Å²) >= 11 is 0. The van der Waals surface area contributed by atoms with E-state index in [4.69, 9.17) is 11.0 Å². The van der Waals surface area contributed by atoms with Gasteiger partial charge in [-0.1, -0.05) is 20.8 Å². The number of rotatable bonds is 1. The summed E-state index contributed by atoms with van der Waals surface area (Å²) in [6.45, 7) is 8.82. The maximum atomic E-state index is 9.04. The number of pyridine rings is 2. The summed E-state index contributed by atoms with van der Waals surface area (Å²) in [5.74, 6) is 0. The summed E-state index contributed by atoms with van der Waals surface area (Å²) in [5.41, 5.74) is 8.28. The van der Waals surface area contributed by atoms with Crippen molar-refractivity contribution in [2.24, 2.45) is 5.73 Å². The molecule has 0 unspecified atom stereocenters. The van der Waals surface area contributed by atoms with Crippen molar-refractivity contribution in [3.8, 4) is 6.07 Å². The van der Waals surface area contributed by atoms with Crippen molar-refractivity contribution < 1.29 is 0 Å². The summed E-state index contributed by atoms with van der Waals surface area (Å²) in [5, 5.41) is 11.2. The van der Waals surface area contributed by atoms with Crippen molar-refractivity contribution in [3.63, 3.8) is 0 Å². The first-order chi connectivity index (χ1) is 12.3. The number of nitrogens with two attached hydrogens (primary N) is 1. The van der Waals surface area contributed by atoms with Crippen LogP contribution in [0.15, 0.2) is 24.5 Å². The SMILES string of the molecule is CC.CCN.N#Cc1cc2c(cn1)[nH]c1nccc(N3CCCC3)c12. The molecule has 4 heterocycles. The minimum absolute atomic E-state index is 0.439. The number of hydrogen-bond donors (Lipinski definition) is 2. The molecule has 1 aliphatic rings. The molecule has 6 nitrogen and oxygen atoms in total. The molecule has 4 rings (SSSR count). The van der Waals surface area contributed by atoms with Gasteiger partial charge in [0.1, 0.15) is 17.4 Å². The molecule has 0 atom stereocenters. The van der Waals surface area contributed by atoms with Crippen molar-refractivity contribution in [3.05, 3.63) is 30.2 Å². The Morgan fingerprint density at radius 1 is 1.28 bits per heavy atom. The molecular weight excluding hydrogens is 312 g/mol. The Morgan fingerprint density at radius 2 is 1.96 bits per heavy atom. The highest BCUT2D eigenvalue weighted by Gasteiger charge is 2.18. The number of aromatic amines is 1. The largest absolute Gasteiger partial charge is 0.371 e. The van der Waals surface area contributed by atoms with Gasteiger partial charge in [0.2, 0.25) is 0 Å². The van der Waals surface area contributed by atoms with E-state index in [1.165, 1.54) is 18.5 Å². The zero-order valence-corrected chi connectivity index (χ0v) is 15.2. The number of nitrogens with one attached hydrogen (secondary N) is 1. The van der Waals surface area contributed by atoms with Gasteiger partial charge in [-0.15, -0.1) is 0 Å². The van der Waals surface area contributed by atoms with E-state index in [1.54, 1.807) is 6.20 Å². The van der Waals surface area contributed by atoms with Crippen molar-refractivity contribution in [2.75, 3.05) is 24.5 Å². The van der Waals surface area contributed by atoms with Crippen LogP contribution in [0.4, 0.5) is 5.69 Å². The van der Waals surface area contributed by atoms with Crippen LogP contribution in [0, 0.1) is 11.3 Å². The summed E-state index contributed by atoms with van der Waals surface area (Å²) in [6, 6.07) is 6.01. The quantitative estimate of drug-likeness (QED) is 0.707. The van der Waals surface area contributed by atoms with Crippen LogP contribution in [0.5, 0.6) is 0 Å². The van der Waals surface area contributed by atoms with Gasteiger partial charge in [-0.2, -0.15) is 5.26 Å². The summed E-state index contributed by atoms with van der Waals surface area (Å²) in [6.07, 6.45) is 6.02. The monoisotopic (exact) mass is 338 g/mol. The van der Waals surface area contributed by atoms with Gasteiger partial charge in [0.15, 0.2) is 0 Å². The number of fused-ring (bicyclic) bond motifs is 3. The Morgan fingerprint density at radius 3 is 2.60 bits per heavy atom. The molecule has 25 heavy (non-hydrogen) atoms. The number of H-pyrrole nitrogens is 1. The molecule has 0 aliphatic carbocycles. The second kappa shape index (κ2) is 9.00. The molecule has 0 saturated carbocycles. The first-order valence-corrected chi connectivity index (χ1v) is 8.90. The van der Waals surface area contributed by atoms with Gasteiger partial charge in [0, 0.05) is 30.4 Å². The molecular formula is C19H26N6. The molecule has 3 N–H and O–H groups in total. The molecule has 0 bridgehead atoms. The Hall–Kier alpha value is -2.65. The third-order valence-corrected chi connectivity index (χ3v) is 3.92. The van der Waals surface area contributed by atoms with Gasteiger partial charge >= 0.3 is 0 Å². The van der Waals surface area contributed by atoms with Gasteiger partial charge in [-0.05, 0) is 31.5 Å². The van der Waals surface area contributed by atoms with E-state index >= 15 is 0 Å². The highest BCUT2D eigenvalue weighted by Crippen LogP contribution is 2.34. The van der Waals surface area contributed by atoms with Gasteiger partial charge < -0.3 is 15.6 Å². The lowest BCUT2D eigenvalue weighted by Gasteiger charge is -2.18. The first-order valence-electron chi connectivity index (χ1n) is 8.90. The van der Waals surface area contributed by atoms with E-state index in [2.05, 4.69) is 32.0 Å². The van der Waals surface area contributed by atoms with Crippen LogP contribution >= 0.6 is 0 Å². The average molecular weight is 338 g/mol. The highest BCUT2D eigenvalue weighted by molar-refractivity contribution is 6.12. The fourth-order valence-electron chi connectivity index (χ4n) is 2.98. The van der Waals surface area contributed by atoms with E-state index < -0.39 is 0 Å². The molecule has 3 aromatic rings. The molecule has 0 aromatic carbocycles. The molecule has 1 aliphatic heterocycles. The van der Waals surface area contributed by atoms with E-state index in [0.29, 0.717) is 5.69 Å². The number of hydrogen-bond acceptors (Lipinski definition) is 5. The topological polar surface area (TPSA) is 94.6 Å². The van der Waals surface area contributed by atoms with Crippen molar-refractivity contribution >= 4 is 27.6 Å². The maximum Gasteiger partial charge on any atom is 0.141 e.